The number of hydrogen-bond donors (Lipinski definition) is 1. The summed E-state index contributed by atoms with van der Waals surface area (Å²) in [5.41, 5.74) is 2.81. The first kappa shape index (κ1) is 21.3. The molecule has 0 aliphatic carbocycles. The highest BCUT2D eigenvalue weighted by atomic mass is 16.3. The summed E-state index contributed by atoms with van der Waals surface area (Å²) in [6, 6.07) is 9.94. The predicted molar refractivity (Wildman–Crippen MR) is 117 cm³/mol. The fraction of sp³-hybridized carbons (Fsp3) is 0.458. The number of likely N-dealkylation sites (tertiary alicyclic amines) is 1. The smallest absolute Gasteiger partial charge is 0.263 e. The highest BCUT2D eigenvalue weighted by molar-refractivity contribution is 5.96. The maximum Gasteiger partial charge on any atom is 0.263 e. The fourth-order valence-electron chi connectivity index (χ4n) is 4.54. The van der Waals surface area contributed by atoms with Crippen molar-refractivity contribution in [1.29, 1.82) is 0 Å². The summed E-state index contributed by atoms with van der Waals surface area (Å²) in [6.45, 7) is 2.48. The molecular weight excluding hydrogens is 394 g/mol. The van der Waals surface area contributed by atoms with Crippen LogP contribution in [-0.4, -0.2) is 57.5 Å². The Kier molecular flexibility index (Phi) is 6.51. The first-order chi connectivity index (χ1) is 15.1. The molecule has 0 bridgehead atoms. The van der Waals surface area contributed by atoms with Crippen LogP contribution >= 0.6 is 0 Å². The Balaban J connectivity index is 1.69. The van der Waals surface area contributed by atoms with Gasteiger partial charge in [0.25, 0.3) is 11.5 Å². The van der Waals surface area contributed by atoms with E-state index in [1.807, 2.05) is 36.5 Å². The number of aryl methyl sites for hydroxylation is 2. The molecule has 2 aliphatic rings. The van der Waals surface area contributed by atoms with Crippen molar-refractivity contribution in [3.05, 3.63) is 69.1 Å². The lowest BCUT2D eigenvalue weighted by molar-refractivity contribution is -0.132. The van der Waals surface area contributed by atoms with Crippen LogP contribution in [-0.2, 0) is 30.7 Å². The van der Waals surface area contributed by atoms with E-state index in [0.717, 1.165) is 29.5 Å². The van der Waals surface area contributed by atoms with Gasteiger partial charge in [-0.05, 0) is 42.4 Å². The van der Waals surface area contributed by atoms with E-state index in [2.05, 4.69) is 0 Å². The molecule has 0 radical (unpaired) electrons. The van der Waals surface area contributed by atoms with Crippen molar-refractivity contribution in [1.82, 2.24) is 14.4 Å². The summed E-state index contributed by atoms with van der Waals surface area (Å²) in [6.07, 6.45) is 5.00. The lowest BCUT2D eigenvalue weighted by atomic mass is 9.95. The van der Waals surface area contributed by atoms with Crippen LogP contribution in [0, 0.1) is 0 Å². The second kappa shape index (κ2) is 9.47. The predicted octanol–water partition coefficient (Wildman–Crippen LogP) is 1.59. The Bertz CT molecular complexity index is 1010. The second-order valence-corrected chi connectivity index (χ2v) is 8.28. The van der Waals surface area contributed by atoms with E-state index in [4.69, 9.17) is 5.11 Å². The average Bonchev–Trinajstić information content (AvgIpc) is 3.33. The van der Waals surface area contributed by atoms with E-state index in [1.54, 1.807) is 14.4 Å². The van der Waals surface area contributed by atoms with Crippen LogP contribution in [0.25, 0.3) is 0 Å². The number of aromatic nitrogens is 1. The first-order valence-electron chi connectivity index (χ1n) is 11.1. The Labute approximate surface area is 181 Å². The maximum atomic E-state index is 13.4. The number of benzene rings is 1. The number of amides is 2. The molecule has 0 spiro atoms. The van der Waals surface area contributed by atoms with Gasteiger partial charge in [0.2, 0.25) is 5.91 Å². The number of rotatable bonds is 6. The number of aliphatic hydroxyl groups excluding tert-OH is 1. The number of hydrogen-bond acceptors (Lipinski definition) is 4. The first-order valence-corrected chi connectivity index (χ1v) is 11.1. The van der Waals surface area contributed by atoms with Crippen LogP contribution in [0.2, 0.25) is 0 Å². The van der Waals surface area contributed by atoms with E-state index >= 15 is 0 Å². The number of pyridine rings is 1. The summed E-state index contributed by atoms with van der Waals surface area (Å²) in [7, 11) is 0. The molecule has 2 amide bonds. The minimum Gasteiger partial charge on any atom is -0.396 e. The van der Waals surface area contributed by atoms with Gasteiger partial charge in [-0.3, -0.25) is 14.4 Å². The zero-order chi connectivity index (χ0) is 21.8. The van der Waals surface area contributed by atoms with Crippen molar-refractivity contribution < 1.29 is 14.7 Å². The molecular formula is C24H29N3O4. The van der Waals surface area contributed by atoms with Crippen LogP contribution in [0.5, 0.6) is 0 Å². The van der Waals surface area contributed by atoms with Gasteiger partial charge >= 0.3 is 0 Å². The third kappa shape index (κ3) is 4.56. The number of carbonyl (C=O) groups is 2. The van der Waals surface area contributed by atoms with Crippen LogP contribution in [0.3, 0.4) is 0 Å². The van der Waals surface area contributed by atoms with E-state index in [-0.39, 0.29) is 36.0 Å². The number of nitrogens with zero attached hydrogens (tertiary/aromatic N) is 3. The number of fused-ring (bicyclic) bond motifs is 1. The molecule has 1 saturated heterocycles. The number of carbonyl (C=O) groups excluding carboxylic acids is 2. The van der Waals surface area contributed by atoms with Crippen molar-refractivity contribution in [3.8, 4) is 0 Å². The van der Waals surface area contributed by atoms with Crippen molar-refractivity contribution in [2.75, 3.05) is 26.2 Å². The van der Waals surface area contributed by atoms with Crippen LogP contribution < -0.4 is 5.56 Å². The molecule has 1 aromatic heterocycles. The summed E-state index contributed by atoms with van der Waals surface area (Å²) in [5.74, 6) is -0.287. The summed E-state index contributed by atoms with van der Waals surface area (Å²) in [4.78, 5) is 42.5. The SMILES string of the molecule is O=C(CCO)N1CCc2c(cn(CCc3ccccc3)c(=O)c2C(=O)N2CCCC2)C1. The zero-order valence-electron chi connectivity index (χ0n) is 17.8. The monoisotopic (exact) mass is 423 g/mol. The normalized spacial score (nSPS) is 15.8. The van der Waals surface area contributed by atoms with Crippen LogP contribution in [0.1, 0.15) is 46.3 Å². The van der Waals surface area contributed by atoms with Gasteiger partial charge in [-0.2, -0.15) is 0 Å². The van der Waals surface area contributed by atoms with Crippen LogP contribution in [0.15, 0.2) is 41.3 Å². The van der Waals surface area contributed by atoms with Crippen molar-refractivity contribution in [3.63, 3.8) is 0 Å². The Morgan fingerprint density at radius 1 is 1.00 bits per heavy atom. The molecule has 4 rings (SSSR count). The Hall–Kier alpha value is -2.93. The zero-order valence-corrected chi connectivity index (χ0v) is 17.8. The van der Waals surface area contributed by atoms with E-state index in [1.165, 1.54) is 0 Å². The molecule has 164 valence electrons. The largest absolute Gasteiger partial charge is 0.396 e. The minimum absolute atomic E-state index is 0.0859. The highest BCUT2D eigenvalue weighted by Crippen LogP contribution is 2.23. The minimum atomic E-state index is -0.235. The highest BCUT2D eigenvalue weighted by Gasteiger charge is 2.30. The average molecular weight is 424 g/mol. The molecule has 7 nitrogen and oxygen atoms in total. The summed E-state index contributed by atoms with van der Waals surface area (Å²) < 4.78 is 1.63. The molecule has 1 aromatic carbocycles. The summed E-state index contributed by atoms with van der Waals surface area (Å²) >= 11 is 0. The molecule has 1 fully saturated rings. The summed E-state index contributed by atoms with van der Waals surface area (Å²) in [5, 5.41) is 9.12. The quantitative estimate of drug-likeness (QED) is 0.765. The topological polar surface area (TPSA) is 82.8 Å². The lowest BCUT2D eigenvalue weighted by Crippen LogP contribution is -2.42. The van der Waals surface area contributed by atoms with Gasteiger partial charge in [0.15, 0.2) is 0 Å². The third-order valence-corrected chi connectivity index (χ3v) is 6.24. The molecule has 2 aliphatic heterocycles. The molecule has 7 heteroatoms. The van der Waals surface area contributed by atoms with Gasteiger partial charge in [-0.1, -0.05) is 30.3 Å². The Morgan fingerprint density at radius 2 is 1.74 bits per heavy atom. The van der Waals surface area contributed by atoms with Crippen molar-refractivity contribution in [2.24, 2.45) is 0 Å². The molecule has 0 saturated carbocycles. The standard InChI is InChI=1S/C24H29N3O4/c28-15-10-21(29)26-14-9-20-19(16-26)17-27(13-8-18-6-2-1-3-7-18)24(31)22(20)23(30)25-11-4-5-12-25/h1-3,6-7,17,28H,4-5,8-16H2. The molecule has 0 atom stereocenters. The van der Waals surface area contributed by atoms with Gasteiger partial charge in [-0.25, -0.2) is 0 Å². The molecule has 0 unspecified atom stereocenters. The second-order valence-electron chi connectivity index (χ2n) is 8.28. The maximum absolute atomic E-state index is 13.4. The molecule has 1 N–H and O–H groups in total. The molecule has 2 aromatic rings. The van der Waals surface area contributed by atoms with Crippen molar-refractivity contribution >= 4 is 11.8 Å². The Morgan fingerprint density at radius 3 is 2.45 bits per heavy atom. The van der Waals surface area contributed by atoms with Gasteiger partial charge in [0, 0.05) is 45.3 Å². The van der Waals surface area contributed by atoms with E-state index < -0.39 is 0 Å². The van der Waals surface area contributed by atoms with Gasteiger partial charge in [-0.15, -0.1) is 0 Å². The van der Waals surface area contributed by atoms with Crippen molar-refractivity contribution in [2.45, 2.75) is 45.2 Å². The fourth-order valence-corrected chi connectivity index (χ4v) is 4.54. The molecule has 3 heterocycles. The van der Waals surface area contributed by atoms with Gasteiger partial charge in [0.1, 0.15) is 5.56 Å². The van der Waals surface area contributed by atoms with E-state index in [9.17, 15) is 14.4 Å². The number of aliphatic hydroxyl groups is 1. The van der Waals surface area contributed by atoms with Gasteiger partial charge < -0.3 is 19.5 Å². The lowest BCUT2D eigenvalue weighted by Gasteiger charge is -2.31. The van der Waals surface area contributed by atoms with Gasteiger partial charge in [0.05, 0.1) is 6.61 Å². The van der Waals surface area contributed by atoms with Crippen LogP contribution in [0.4, 0.5) is 0 Å². The third-order valence-electron chi connectivity index (χ3n) is 6.24. The van der Waals surface area contributed by atoms with E-state index in [0.29, 0.717) is 45.6 Å². The molecule has 31 heavy (non-hydrogen) atoms.